The maximum absolute atomic E-state index is 11.6. The molecule has 2 rings (SSSR count). The van der Waals surface area contributed by atoms with Crippen molar-refractivity contribution < 1.29 is 19.4 Å². The van der Waals surface area contributed by atoms with E-state index in [9.17, 15) is 9.59 Å². The van der Waals surface area contributed by atoms with Crippen LogP contribution in [-0.4, -0.2) is 23.1 Å². The van der Waals surface area contributed by atoms with Gasteiger partial charge in [0, 0.05) is 17.6 Å². The summed E-state index contributed by atoms with van der Waals surface area (Å²) in [4.78, 5) is 21.9. The average molecular weight is 252 g/mol. The van der Waals surface area contributed by atoms with Gasteiger partial charge in [0.05, 0.1) is 0 Å². The predicted molar refractivity (Wildman–Crippen MR) is 65.9 cm³/mol. The number of esters is 1. The maximum atomic E-state index is 11.6. The minimum Gasteiger partial charge on any atom is -0.478 e. The van der Waals surface area contributed by atoms with Crippen LogP contribution in [0.15, 0.2) is 12.2 Å². The summed E-state index contributed by atoms with van der Waals surface area (Å²) in [6.07, 6.45) is 4.90. The van der Waals surface area contributed by atoms with Crippen LogP contribution in [0.5, 0.6) is 0 Å². The molecule has 1 N–H and O–H groups in total. The Morgan fingerprint density at radius 1 is 1.28 bits per heavy atom. The molecule has 0 aromatic heterocycles. The highest BCUT2D eigenvalue weighted by Gasteiger charge is 2.62. The molecule has 0 aliphatic heterocycles. The topological polar surface area (TPSA) is 63.6 Å². The van der Waals surface area contributed by atoms with Gasteiger partial charge in [-0.25, -0.2) is 9.59 Å². The van der Waals surface area contributed by atoms with Gasteiger partial charge >= 0.3 is 11.9 Å². The fraction of sp³-hybridized carbons (Fsp3) is 0.714. The third kappa shape index (κ3) is 1.84. The average Bonchev–Trinajstić information content (AvgIpc) is 2.59. The molecule has 0 amide bonds. The number of ether oxygens (including phenoxy) is 1. The highest BCUT2D eigenvalue weighted by atomic mass is 16.5. The Bertz CT molecular complexity index is 410. The van der Waals surface area contributed by atoms with Crippen molar-refractivity contribution in [2.24, 2.45) is 16.7 Å². The predicted octanol–water partition coefficient (Wildman–Crippen LogP) is 2.39. The van der Waals surface area contributed by atoms with Crippen LogP contribution < -0.4 is 0 Å². The summed E-state index contributed by atoms with van der Waals surface area (Å²) in [6, 6.07) is 0. The molecule has 0 saturated heterocycles. The van der Waals surface area contributed by atoms with Crippen molar-refractivity contribution in [2.75, 3.05) is 0 Å². The minimum absolute atomic E-state index is 0.0182. The minimum atomic E-state index is -1.13. The normalized spacial score (nSPS) is 37.1. The third-order valence-electron chi connectivity index (χ3n) is 5.33. The number of fused-ring (bicyclic) bond motifs is 2. The van der Waals surface area contributed by atoms with Gasteiger partial charge in [-0.15, -0.1) is 0 Å². The Kier molecular flexibility index (Phi) is 2.99. The summed E-state index contributed by atoms with van der Waals surface area (Å²) in [5.74, 6) is -1.08. The van der Waals surface area contributed by atoms with E-state index in [1.54, 1.807) is 0 Å². The molecule has 18 heavy (non-hydrogen) atoms. The van der Waals surface area contributed by atoms with Gasteiger partial charge in [0.1, 0.15) is 6.10 Å². The SMILES string of the molecule is CC1(C)[C@@H]2CC[C@]1(C)[C@H](OC(=O)/C=C\C(=O)O)C2. The quantitative estimate of drug-likeness (QED) is 0.618. The second kappa shape index (κ2) is 4.11. The van der Waals surface area contributed by atoms with Crippen LogP contribution in [0.2, 0.25) is 0 Å². The molecule has 3 atom stereocenters. The molecule has 4 nitrogen and oxygen atoms in total. The highest BCUT2D eigenvalue weighted by Crippen LogP contribution is 2.66. The molecule has 2 aliphatic rings. The van der Waals surface area contributed by atoms with Crippen molar-refractivity contribution in [2.45, 2.75) is 46.1 Å². The second-order valence-electron chi connectivity index (χ2n) is 6.21. The van der Waals surface area contributed by atoms with Gasteiger partial charge in [0.15, 0.2) is 0 Å². The van der Waals surface area contributed by atoms with Gasteiger partial charge in [-0.05, 0) is 30.6 Å². The fourth-order valence-electron chi connectivity index (χ4n) is 3.63. The molecule has 0 spiro atoms. The number of hydrogen-bond donors (Lipinski definition) is 1. The Morgan fingerprint density at radius 3 is 2.39 bits per heavy atom. The number of carboxylic acid groups (broad SMARTS) is 1. The van der Waals surface area contributed by atoms with Crippen LogP contribution in [0.4, 0.5) is 0 Å². The highest BCUT2D eigenvalue weighted by molar-refractivity contribution is 5.90. The van der Waals surface area contributed by atoms with Crippen LogP contribution in [0.25, 0.3) is 0 Å². The molecular weight excluding hydrogens is 232 g/mol. The van der Waals surface area contributed by atoms with Gasteiger partial charge < -0.3 is 9.84 Å². The molecule has 0 unspecified atom stereocenters. The number of aliphatic carboxylic acids is 1. The zero-order valence-corrected chi connectivity index (χ0v) is 11.1. The Labute approximate surface area is 107 Å². The van der Waals surface area contributed by atoms with E-state index in [1.807, 2.05) is 0 Å². The van der Waals surface area contributed by atoms with Gasteiger partial charge in [0.25, 0.3) is 0 Å². The van der Waals surface area contributed by atoms with Crippen molar-refractivity contribution in [3.63, 3.8) is 0 Å². The first-order chi connectivity index (χ1) is 8.27. The lowest BCUT2D eigenvalue weighted by molar-refractivity contribution is -0.151. The molecule has 0 radical (unpaired) electrons. The summed E-state index contributed by atoms with van der Waals surface area (Å²) in [5.41, 5.74) is 0.207. The molecule has 2 bridgehead atoms. The molecule has 0 heterocycles. The maximum Gasteiger partial charge on any atom is 0.331 e. The van der Waals surface area contributed by atoms with E-state index in [2.05, 4.69) is 20.8 Å². The molecule has 0 aromatic carbocycles. The standard InChI is InChI=1S/C14H20O4/c1-13(2)9-6-7-14(13,3)10(8-9)18-12(17)5-4-11(15)16/h4-5,9-10H,6-8H2,1-3H3,(H,15,16)/b5-4-/t9-,10-,14-/m1/s1. The van der Waals surface area contributed by atoms with Crippen molar-refractivity contribution in [3.05, 3.63) is 12.2 Å². The zero-order valence-electron chi connectivity index (χ0n) is 11.1. The molecule has 4 heteroatoms. The summed E-state index contributed by atoms with van der Waals surface area (Å²) >= 11 is 0. The Morgan fingerprint density at radius 2 is 1.94 bits per heavy atom. The van der Waals surface area contributed by atoms with E-state index in [0.29, 0.717) is 5.92 Å². The zero-order chi connectivity index (χ0) is 13.6. The molecular formula is C14H20O4. The molecule has 2 aliphatic carbocycles. The molecule has 2 saturated carbocycles. The number of rotatable bonds is 3. The monoisotopic (exact) mass is 252 g/mol. The van der Waals surface area contributed by atoms with Crippen molar-refractivity contribution >= 4 is 11.9 Å². The first kappa shape index (κ1) is 13.1. The lowest BCUT2D eigenvalue weighted by Gasteiger charge is -2.38. The lowest BCUT2D eigenvalue weighted by Crippen LogP contribution is -2.38. The Balaban J connectivity index is 2.05. The lowest BCUT2D eigenvalue weighted by atomic mass is 9.70. The van der Waals surface area contributed by atoms with E-state index in [-0.39, 0.29) is 16.9 Å². The van der Waals surface area contributed by atoms with Gasteiger partial charge in [-0.3, -0.25) is 0 Å². The summed E-state index contributed by atoms with van der Waals surface area (Å²) < 4.78 is 5.45. The van der Waals surface area contributed by atoms with E-state index < -0.39 is 11.9 Å². The first-order valence-electron chi connectivity index (χ1n) is 6.39. The van der Waals surface area contributed by atoms with E-state index in [0.717, 1.165) is 25.0 Å². The number of hydrogen-bond acceptors (Lipinski definition) is 3. The summed E-state index contributed by atoms with van der Waals surface area (Å²) in [7, 11) is 0. The molecule has 2 fully saturated rings. The van der Waals surface area contributed by atoms with Crippen molar-refractivity contribution in [3.8, 4) is 0 Å². The first-order valence-corrected chi connectivity index (χ1v) is 6.39. The molecule has 100 valence electrons. The third-order valence-corrected chi connectivity index (χ3v) is 5.33. The number of carbonyl (C=O) groups excluding carboxylic acids is 1. The van der Waals surface area contributed by atoms with Gasteiger partial charge in [0.2, 0.25) is 0 Å². The van der Waals surface area contributed by atoms with Crippen LogP contribution in [0.1, 0.15) is 40.0 Å². The van der Waals surface area contributed by atoms with E-state index >= 15 is 0 Å². The number of carboxylic acids is 1. The summed E-state index contributed by atoms with van der Waals surface area (Å²) in [5, 5.41) is 8.47. The summed E-state index contributed by atoms with van der Waals surface area (Å²) in [6.45, 7) is 6.66. The molecule has 0 aromatic rings. The van der Waals surface area contributed by atoms with Crippen molar-refractivity contribution in [1.29, 1.82) is 0 Å². The Hall–Kier alpha value is -1.32. The van der Waals surface area contributed by atoms with E-state index in [1.165, 1.54) is 6.42 Å². The van der Waals surface area contributed by atoms with Gasteiger partial charge in [-0.1, -0.05) is 20.8 Å². The number of carbonyl (C=O) groups is 2. The van der Waals surface area contributed by atoms with Crippen LogP contribution in [0.3, 0.4) is 0 Å². The van der Waals surface area contributed by atoms with Crippen LogP contribution in [-0.2, 0) is 14.3 Å². The van der Waals surface area contributed by atoms with Crippen LogP contribution >= 0.6 is 0 Å². The second-order valence-corrected chi connectivity index (χ2v) is 6.21. The van der Waals surface area contributed by atoms with E-state index in [4.69, 9.17) is 9.84 Å². The smallest absolute Gasteiger partial charge is 0.331 e. The van der Waals surface area contributed by atoms with Gasteiger partial charge in [-0.2, -0.15) is 0 Å². The largest absolute Gasteiger partial charge is 0.478 e. The van der Waals surface area contributed by atoms with Crippen LogP contribution in [0, 0.1) is 16.7 Å². The van der Waals surface area contributed by atoms with Crippen molar-refractivity contribution in [1.82, 2.24) is 0 Å². The fourth-order valence-corrected chi connectivity index (χ4v) is 3.63.